The van der Waals surface area contributed by atoms with E-state index in [0.29, 0.717) is 46.7 Å². The van der Waals surface area contributed by atoms with E-state index in [-0.39, 0.29) is 23.3 Å². The highest BCUT2D eigenvalue weighted by Gasteiger charge is 2.26. The van der Waals surface area contributed by atoms with Gasteiger partial charge in [0.25, 0.3) is 0 Å². The molecule has 0 radical (unpaired) electrons. The molecular weight excluding hydrogens is 444 g/mol. The Hall–Kier alpha value is -3.94. The van der Waals surface area contributed by atoms with Crippen LogP contribution in [0.25, 0.3) is 27.9 Å². The molecule has 182 valence electrons. The topological polar surface area (TPSA) is 109 Å². The average molecular weight is 475 g/mol. The van der Waals surface area contributed by atoms with Crippen LogP contribution in [0.1, 0.15) is 60.7 Å². The maximum absolute atomic E-state index is 13.2. The van der Waals surface area contributed by atoms with Crippen LogP contribution in [0.2, 0.25) is 0 Å². The van der Waals surface area contributed by atoms with Gasteiger partial charge in [0.2, 0.25) is 0 Å². The minimum absolute atomic E-state index is 0.186. The van der Waals surface area contributed by atoms with E-state index in [0.717, 1.165) is 19.3 Å². The van der Waals surface area contributed by atoms with Gasteiger partial charge in [-0.25, -0.2) is 19.6 Å². The van der Waals surface area contributed by atoms with Gasteiger partial charge in [-0.05, 0) is 48.7 Å². The summed E-state index contributed by atoms with van der Waals surface area (Å²) in [6.07, 6.45) is 2.58. The van der Waals surface area contributed by atoms with Gasteiger partial charge in [0.15, 0.2) is 5.65 Å². The molecule has 0 aliphatic rings. The van der Waals surface area contributed by atoms with Gasteiger partial charge in [-0.2, -0.15) is 0 Å². The Bertz CT molecular complexity index is 1360. The van der Waals surface area contributed by atoms with E-state index in [2.05, 4.69) is 13.8 Å². The molecule has 0 bridgehead atoms. The van der Waals surface area contributed by atoms with Crippen molar-refractivity contribution in [3.8, 4) is 5.69 Å². The van der Waals surface area contributed by atoms with Crippen molar-refractivity contribution in [3.05, 3.63) is 59.7 Å². The highest BCUT2D eigenvalue weighted by atomic mass is 16.5. The molecule has 2 aromatic heterocycles. The molecule has 0 saturated heterocycles. The summed E-state index contributed by atoms with van der Waals surface area (Å²) in [5.41, 5.74) is 9.95. The van der Waals surface area contributed by atoms with Crippen LogP contribution in [-0.2, 0) is 9.47 Å². The number of carbonyl (C=O) groups excluding carboxylic acids is 2. The maximum Gasteiger partial charge on any atom is 0.344 e. The summed E-state index contributed by atoms with van der Waals surface area (Å²) in [7, 11) is 0. The Balaban J connectivity index is 1.81. The summed E-state index contributed by atoms with van der Waals surface area (Å²) in [6, 6.07) is 14.3. The number of nitrogen functional groups attached to an aromatic ring is 1. The molecule has 2 N–H and O–H groups in total. The SMILES string of the molecule is CCCOC(=O)c1ccc(-n2c(N)c(C(=O)OCC(CC)CC)c3nc4ccccc4nc32)cc1. The van der Waals surface area contributed by atoms with Gasteiger partial charge >= 0.3 is 11.9 Å². The minimum Gasteiger partial charge on any atom is -0.462 e. The van der Waals surface area contributed by atoms with Gasteiger partial charge < -0.3 is 15.2 Å². The lowest BCUT2D eigenvalue weighted by molar-refractivity contribution is 0.0435. The molecule has 0 amide bonds. The molecular formula is C27H30N4O4. The van der Waals surface area contributed by atoms with Gasteiger partial charge in [0.05, 0.1) is 29.8 Å². The second-order valence-electron chi connectivity index (χ2n) is 8.44. The van der Waals surface area contributed by atoms with Crippen LogP contribution < -0.4 is 5.73 Å². The Kier molecular flexibility index (Phi) is 7.29. The van der Waals surface area contributed by atoms with Crippen LogP contribution >= 0.6 is 0 Å². The summed E-state index contributed by atoms with van der Waals surface area (Å²) in [6.45, 7) is 6.76. The molecule has 0 aliphatic heterocycles. The van der Waals surface area contributed by atoms with E-state index < -0.39 is 5.97 Å². The summed E-state index contributed by atoms with van der Waals surface area (Å²) in [5.74, 6) is -0.450. The number of para-hydroxylation sites is 2. The number of nitrogens with two attached hydrogens (primary N) is 1. The first kappa shape index (κ1) is 24.2. The smallest absolute Gasteiger partial charge is 0.344 e. The van der Waals surface area contributed by atoms with E-state index in [9.17, 15) is 9.59 Å². The van der Waals surface area contributed by atoms with E-state index in [1.54, 1.807) is 28.8 Å². The summed E-state index contributed by atoms with van der Waals surface area (Å²) in [4.78, 5) is 34.9. The second-order valence-corrected chi connectivity index (χ2v) is 8.44. The van der Waals surface area contributed by atoms with Gasteiger partial charge in [-0.1, -0.05) is 45.7 Å². The quantitative estimate of drug-likeness (QED) is 0.327. The first-order valence-corrected chi connectivity index (χ1v) is 12.0. The highest BCUT2D eigenvalue weighted by Crippen LogP contribution is 2.32. The van der Waals surface area contributed by atoms with Crippen molar-refractivity contribution in [2.24, 2.45) is 5.92 Å². The minimum atomic E-state index is -0.525. The van der Waals surface area contributed by atoms with Crippen LogP contribution in [0.4, 0.5) is 5.82 Å². The Morgan fingerprint density at radius 3 is 2.20 bits per heavy atom. The van der Waals surface area contributed by atoms with Crippen LogP contribution in [0.15, 0.2) is 48.5 Å². The molecule has 0 unspecified atom stereocenters. The number of carbonyl (C=O) groups is 2. The number of ether oxygens (including phenoxy) is 2. The highest BCUT2D eigenvalue weighted by molar-refractivity contribution is 6.09. The molecule has 0 saturated carbocycles. The number of hydrogen-bond acceptors (Lipinski definition) is 7. The van der Waals surface area contributed by atoms with Crippen LogP contribution in [-0.4, -0.2) is 39.7 Å². The molecule has 0 fully saturated rings. The van der Waals surface area contributed by atoms with Crippen molar-refractivity contribution < 1.29 is 19.1 Å². The number of aromatic nitrogens is 3. The number of rotatable bonds is 9. The van der Waals surface area contributed by atoms with E-state index in [1.165, 1.54) is 0 Å². The number of anilines is 1. The fourth-order valence-electron chi connectivity index (χ4n) is 3.94. The standard InChI is InChI=1S/C27H30N4O4/c1-4-15-34-26(32)18-11-13-19(14-12-18)31-24(28)22(27(33)35-16-17(5-2)6-3)23-25(31)30-21-10-8-7-9-20(21)29-23/h7-14,17H,4-6,15-16,28H2,1-3H3. The zero-order valence-electron chi connectivity index (χ0n) is 20.3. The summed E-state index contributed by atoms with van der Waals surface area (Å²) < 4.78 is 12.5. The van der Waals surface area contributed by atoms with Gasteiger partial charge in [-0.15, -0.1) is 0 Å². The Morgan fingerprint density at radius 1 is 0.914 bits per heavy atom. The van der Waals surface area contributed by atoms with E-state index in [4.69, 9.17) is 25.2 Å². The van der Waals surface area contributed by atoms with Crippen molar-refractivity contribution in [3.63, 3.8) is 0 Å². The largest absolute Gasteiger partial charge is 0.462 e. The third-order valence-corrected chi connectivity index (χ3v) is 6.11. The van der Waals surface area contributed by atoms with Crippen LogP contribution in [0, 0.1) is 5.92 Å². The normalized spacial score (nSPS) is 11.3. The molecule has 2 heterocycles. The van der Waals surface area contributed by atoms with Gasteiger partial charge in [-0.3, -0.25) is 4.57 Å². The van der Waals surface area contributed by atoms with Crippen LogP contribution in [0.5, 0.6) is 0 Å². The lowest BCUT2D eigenvalue weighted by Crippen LogP contribution is -2.15. The zero-order chi connectivity index (χ0) is 24.9. The van der Waals surface area contributed by atoms with E-state index in [1.807, 2.05) is 31.2 Å². The molecule has 2 aromatic carbocycles. The number of nitrogens with zero attached hydrogens (tertiary/aromatic N) is 3. The van der Waals surface area contributed by atoms with E-state index >= 15 is 0 Å². The summed E-state index contributed by atoms with van der Waals surface area (Å²) >= 11 is 0. The summed E-state index contributed by atoms with van der Waals surface area (Å²) in [5, 5.41) is 0. The van der Waals surface area contributed by atoms with Gasteiger partial charge in [0.1, 0.15) is 16.9 Å². The number of hydrogen-bond donors (Lipinski definition) is 1. The second kappa shape index (κ2) is 10.5. The van der Waals surface area contributed by atoms with Crippen LogP contribution in [0.3, 0.4) is 0 Å². The zero-order valence-corrected chi connectivity index (χ0v) is 20.3. The Labute approximate surface area is 204 Å². The molecule has 0 atom stereocenters. The van der Waals surface area contributed by atoms with Crippen molar-refractivity contribution in [1.82, 2.24) is 14.5 Å². The molecule has 0 spiro atoms. The molecule has 8 heteroatoms. The third-order valence-electron chi connectivity index (χ3n) is 6.11. The van der Waals surface area contributed by atoms with Gasteiger partial charge in [0, 0.05) is 5.69 Å². The molecule has 35 heavy (non-hydrogen) atoms. The third kappa shape index (κ3) is 4.82. The monoisotopic (exact) mass is 474 g/mol. The molecule has 4 aromatic rings. The van der Waals surface area contributed by atoms with Crippen molar-refractivity contribution in [1.29, 1.82) is 0 Å². The molecule has 0 aliphatic carbocycles. The lowest BCUT2D eigenvalue weighted by Gasteiger charge is -2.12. The molecule has 4 rings (SSSR count). The lowest BCUT2D eigenvalue weighted by atomic mass is 10.1. The van der Waals surface area contributed by atoms with Crippen molar-refractivity contribution >= 4 is 40.0 Å². The molecule has 8 nitrogen and oxygen atoms in total. The fraction of sp³-hybridized carbons (Fsp3) is 0.333. The number of fused-ring (bicyclic) bond motifs is 2. The number of esters is 2. The van der Waals surface area contributed by atoms with Crippen molar-refractivity contribution in [2.45, 2.75) is 40.0 Å². The maximum atomic E-state index is 13.2. The number of benzene rings is 2. The fourth-order valence-corrected chi connectivity index (χ4v) is 3.94. The predicted octanol–water partition coefficient (Wildman–Crippen LogP) is 5.32. The average Bonchev–Trinajstić information content (AvgIpc) is 3.16. The first-order chi connectivity index (χ1) is 17.0. The first-order valence-electron chi connectivity index (χ1n) is 12.0. The van der Waals surface area contributed by atoms with Crippen molar-refractivity contribution in [2.75, 3.05) is 18.9 Å². The Morgan fingerprint density at radius 2 is 1.57 bits per heavy atom. The predicted molar refractivity (Wildman–Crippen MR) is 136 cm³/mol.